The van der Waals surface area contributed by atoms with Crippen LogP contribution in [0.4, 0.5) is 5.69 Å². The van der Waals surface area contributed by atoms with E-state index in [-0.39, 0.29) is 11.5 Å². The molecule has 0 amide bonds. The Morgan fingerprint density at radius 2 is 1.70 bits per heavy atom. The fourth-order valence-electron chi connectivity index (χ4n) is 1.91. The fraction of sp³-hybridized carbons (Fsp3) is 0.133. The first-order valence-electron chi connectivity index (χ1n) is 5.96. The number of hydrogen-bond acceptors (Lipinski definition) is 4. The van der Waals surface area contributed by atoms with E-state index in [2.05, 4.69) is 0 Å². The highest BCUT2D eigenvalue weighted by molar-refractivity contribution is 6.09. The molecule has 2 rings (SSSR count). The van der Waals surface area contributed by atoms with E-state index in [0.29, 0.717) is 22.4 Å². The first-order chi connectivity index (χ1) is 9.52. The lowest BCUT2D eigenvalue weighted by Gasteiger charge is -2.04. The van der Waals surface area contributed by atoms with Crippen molar-refractivity contribution in [2.75, 3.05) is 7.11 Å². The normalized spacial score (nSPS) is 10.1. The van der Waals surface area contributed by atoms with Crippen LogP contribution in [0.2, 0.25) is 0 Å². The maximum atomic E-state index is 12.3. The number of nitro groups is 1. The van der Waals surface area contributed by atoms with Crippen molar-refractivity contribution in [3.05, 3.63) is 69.3 Å². The second kappa shape index (κ2) is 5.52. The number of methoxy groups -OCH3 is 1. The van der Waals surface area contributed by atoms with Crippen molar-refractivity contribution >= 4 is 11.5 Å². The zero-order valence-electron chi connectivity index (χ0n) is 11.1. The van der Waals surface area contributed by atoms with Gasteiger partial charge in [-0.3, -0.25) is 14.9 Å². The lowest BCUT2D eigenvalue weighted by Crippen LogP contribution is -2.02. The largest absolute Gasteiger partial charge is 0.497 e. The van der Waals surface area contributed by atoms with Gasteiger partial charge in [0, 0.05) is 22.8 Å². The smallest absolute Gasteiger partial charge is 0.272 e. The van der Waals surface area contributed by atoms with E-state index in [0.717, 1.165) is 0 Å². The summed E-state index contributed by atoms with van der Waals surface area (Å²) in [6.07, 6.45) is 0. The third kappa shape index (κ3) is 2.66. The molecule has 0 heterocycles. The number of benzene rings is 2. The van der Waals surface area contributed by atoms with Crippen LogP contribution in [-0.4, -0.2) is 17.8 Å². The molecule has 0 aliphatic carbocycles. The first kappa shape index (κ1) is 13.7. The second-order valence-electron chi connectivity index (χ2n) is 4.32. The summed E-state index contributed by atoms with van der Waals surface area (Å²) in [5.41, 5.74) is 1.42. The highest BCUT2D eigenvalue weighted by Crippen LogP contribution is 2.21. The molecule has 0 fully saturated rings. The SMILES string of the molecule is COc1ccc(C(=O)c2ccc([N+](=O)[O-])c(C)c2)cc1. The van der Waals surface area contributed by atoms with E-state index >= 15 is 0 Å². The Balaban J connectivity index is 2.33. The minimum Gasteiger partial charge on any atom is -0.497 e. The molecule has 0 bridgehead atoms. The predicted octanol–water partition coefficient (Wildman–Crippen LogP) is 3.14. The third-order valence-electron chi connectivity index (χ3n) is 3.01. The molecule has 2 aromatic carbocycles. The molecule has 5 heteroatoms. The van der Waals surface area contributed by atoms with Gasteiger partial charge in [0.2, 0.25) is 0 Å². The van der Waals surface area contributed by atoms with E-state index in [4.69, 9.17) is 4.74 Å². The molecule has 0 saturated heterocycles. The number of carbonyl (C=O) groups is 1. The maximum absolute atomic E-state index is 12.3. The van der Waals surface area contributed by atoms with E-state index in [9.17, 15) is 14.9 Å². The summed E-state index contributed by atoms with van der Waals surface area (Å²) in [6.45, 7) is 1.61. The molecule has 0 saturated carbocycles. The number of ether oxygens (including phenoxy) is 1. The Kier molecular flexibility index (Phi) is 3.79. The topological polar surface area (TPSA) is 69.4 Å². The van der Waals surface area contributed by atoms with Gasteiger partial charge in [-0.25, -0.2) is 0 Å². The molecule has 0 aliphatic rings. The highest BCUT2D eigenvalue weighted by Gasteiger charge is 2.15. The lowest BCUT2D eigenvalue weighted by atomic mass is 10.0. The maximum Gasteiger partial charge on any atom is 0.272 e. The highest BCUT2D eigenvalue weighted by atomic mass is 16.6. The summed E-state index contributed by atoms with van der Waals surface area (Å²) in [4.78, 5) is 22.6. The van der Waals surface area contributed by atoms with Crippen molar-refractivity contribution in [3.8, 4) is 5.75 Å². The molecule has 0 aromatic heterocycles. The number of rotatable bonds is 4. The summed E-state index contributed by atoms with van der Waals surface area (Å²) in [5, 5.41) is 10.8. The van der Waals surface area contributed by atoms with Gasteiger partial charge >= 0.3 is 0 Å². The minimum atomic E-state index is -0.461. The number of hydrogen-bond donors (Lipinski definition) is 0. The van der Waals surface area contributed by atoms with Crippen molar-refractivity contribution in [2.24, 2.45) is 0 Å². The molecule has 0 radical (unpaired) electrons. The molecular weight excluding hydrogens is 258 g/mol. The van der Waals surface area contributed by atoms with Crippen molar-refractivity contribution in [1.82, 2.24) is 0 Å². The molecular formula is C15H13NO4. The number of carbonyl (C=O) groups excluding carboxylic acids is 1. The molecule has 20 heavy (non-hydrogen) atoms. The van der Waals surface area contributed by atoms with Crippen LogP contribution in [0.1, 0.15) is 21.5 Å². The Hall–Kier alpha value is -2.69. The summed E-state index contributed by atoms with van der Waals surface area (Å²) >= 11 is 0. The zero-order valence-corrected chi connectivity index (χ0v) is 11.1. The van der Waals surface area contributed by atoms with Crippen LogP contribution < -0.4 is 4.74 Å². The Bertz CT molecular complexity index is 662. The fourth-order valence-corrected chi connectivity index (χ4v) is 1.91. The molecule has 0 aliphatic heterocycles. The van der Waals surface area contributed by atoms with Crippen LogP contribution in [0.25, 0.3) is 0 Å². The Morgan fingerprint density at radius 3 is 2.20 bits per heavy atom. The van der Waals surface area contributed by atoms with E-state index in [1.54, 1.807) is 38.3 Å². The second-order valence-corrected chi connectivity index (χ2v) is 4.32. The van der Waals surface area contributed by atoms with Crippen LogP contribution >= 0.6 is 0 Å². The Morgan fingerprint density at radius 1 is 1.10 bits per heavy atom. The van der Waals surface area contributed by atoms with Gasteiger partial charge < -0.3 is 4.74 Å². The summed E-state index contributed by atoms with van der Waals surface area (Å²) in [5.74, 6) is 0.493. The van der Waals surface area contributed by atoms with Gasteiger partial charge in [0.15, 0.2) is 5.78 Å². The molecule has 0 atom stereocenters. The Labute approximate surface area is 116 Å². The van der Waals surface area contributed by atoms with E-state index < -0.39 is 4.92 Å². The van der Waals surface area contributed by atoms with Gasteiger partial charge in [0.05, 0.1) is 12.0 Å². The zero-order chi connectivity index (χ0) is 14.7. The van der Waals surface area contributed by atoms with Gasteiger partial charge in [-0.05, 0) is 43.3 Å². The molecule has 0 spiro atoms. The molecule has 5 nitrogen and oxygen atoms in total. The molecule has 2 aromatic rings. The number of nitro benzene ring substituents is 1. The average Bonchev–Trinajstić information content (AvgIpc) is 2.46. The van der Waals surface area contributed by atoms with Crippen LogP contribution in [0, 0.1) is 17.0 Å². The molecule has 0 unspecified atom stereocenters. The number of nitrogens with zero attached hydrogens (tertiary/aromatic N) is 1. The van der Waals surface area contributed by atoms with Crippen molar-refractivity contribution in [3.63, 3.8) is 0 Å². The van der Waals surface area contributed by atoms with E-state index in [1.807, 2.05) is 0 Å². The van der Waals surface area contributed by atoms with Gasteiger partial charge in [0.25, 0.3) is 5.69 Å². The summed E-state index contributed by atoms with van der Waals surface area (Å²) in [7, 11) is 1.55. The van der Waals surface area contributed by atoms with Crippen molar-refractivity contribution in [1.29, 1.82) is 0 Å². The van der Waals surface area contributed by atoms with Crippen LogP contribution in [0.5, 0.6) is 5.75 Å². The van der Waals surface area contributed by atoms with Crippen LogP contribution in [0.3, 0.4) is 0 Å². The molecule has 0 N–H and O–H groups in total. The first-order valence-corrected chi connectivity index (χ1v) is 5.96. The van der Waals surface area contributed by atoms with Gasteiger partial charge in [-0.15, -0.1) is 0 Å². The average molecular weight is 271 g/mol. The monoisotopic (exact) mass is 271 g/mol. The minimum absolute atomic E-state index is 0.0104. The quantitative estimate of drug-likeness (QED) is 0.486. The summed E-state index contributed by atoms with van der Waals surface area (Å²) in [6, 6.07) is 11.1. The van der Waals surface area contributed by atoms with Crippen molar-refractivity contribution < 1.29 is 14.5 Å². The van der Waals surface area contributed by atoms with Crippen molar-refractivity contribution in [2.45, 2.75) is 6.92 Å². The van der Waals surface area contributed by atoms with Crippen LogP contribution in [0.15, 0.2) is 42.5 Å². The summed E-state index contributed by atoms with van der Waals surface area (Å²) < 4.78 is 5.03. The number of ketones is 1. The van der Waals surface area contributed by atoms with Gasteiger partial charge in [-0.2, -0.15) is 0 Å². The number of aryl methyl sites for hydroxylation is 1. The van der Waals surface area contributed by atoms with Gasteiger partial charge in [0.1, 0.15) is 5.75 Å². The standard InChI is InChI=1S/C15H13NO4/c1-10-9-12(5-8-14(10)16(18)19)15(17)11-3-6-13(20-2)7-4-11/h3-9H,1-2H3. The van der Waals surface area contributed by atoms with E-state index in [1.165, 1.54) is 18.2 Å². The third-order valence-corrected chi connectivity index (χ3v) is 3.01. The molecule has 102 valence electrons. The predicted molar refractivity (Wildman–Crippen MR) is 74.3 cm³/mol. The van der Waals surface area contributed by atoms with Gasteiger partial charge in [-0.1, -0.05) is 0 Å². The van der Waals surface area contributed by atoms with Crippen LogP contribution in [-0.2, 0) is 0 Å². The lowest BCUT2D eigenvalue weighted by molar-refractivity contribution is -0.385.